The Kier molecular flexibility index (Phi) is 6.22. The van der Waals surface area contributed by atoms with Crippen molar-refractivity contribution in [3.8, 4) is 17.0 Å². The highest BCUT2D eigenvalue weighted by molar-refractivity contribution is 7.11. The molecule has 3 aromatic rings. The molecule has 0 spiro atoms. The molecule has 2 amide bonds. The first-order valence-corrected chi connectivity index (χ1v) is 11.6. The Hall–Kier alpha value is -2.90. The fourth-order valence-electron chi connectivity index (χ4n) is 3.70. The zero-order valence-electron chi connectivity index (χ0n) is 18.4. The van der Waals surface area contributed by atoms with Crippen molar-refractivity contribution in [1.29, 1.82) is 0 Å². The maximum Gasteiger partial charge on any atom is 0.268 e. The standard InChI is InChI=1S/C24H24ClN3O3S/c1-5-20-24(30)28(12-22(29)27-17-8-6-13(2)18(25)11-17)19-10-16(7-9-21(19)31-20)23-14(3)32-15(4)26-23/h6-11,20H,5,12H2,1-4H3,(H,27,29). The van der Waals surface area contributed by atoms with Crippen LogP contribution in [0, 0.1) is 20.8 Å². The maximum absolute atomic E-state index is 13.1. The average molecular weight is 470 g/mol. The van der Waals surface area contributed by atoms with Gasteiger partial charge in [0.25, 0.3) is 5.91 Å². The Balaban J connectivity index is 1.65. The van der Waals surface area contributed by atoms with Crippen molar-refractivity contribution in [2.24, 2.45) is 0 Å². The molecule has 1 unspecified atom stereocenters. The third-order valence-corrected chi connectivity index (χ3v) is 6.66. The molecular weight excluding hydrogens is 446 g/mol. The summed E-state index contributed by atoms with van der Waals surface area (Å²) in [5.41, 5.74) is 3.83. The number of carbonyl (C=O) groups excluding carboxylic acids is 2. The topological polar surface area (TPSA) is 71.5 Å². The summed E-state index contributed by atoms with van der Waals surface area (Å²) in [5, 5.41) is 4.37. The van der Waals surface area contributed by atoms with Crippen molar-refractivity contribution in [1.82, 2.24) is 4.98 Å². The Morgan fingerprint density at radius 3 is 2.66 bits per heavy atom. The quantitative estimate of drug-likeness (QED) is 0.533. The molecule has 1 aromatic heterocycles. The van der Waals surface area contributed by atoms with Crippen molar-refractivity contribution in [3.63, 3.8) is 0 Å². The van der Waals surface area contributed by atoms with Gasteiger partial charge < -0.3 is 10.1 Å². The summed E-state index contributed by atoms with van der Waals surface area (Å²) in [6.45, 7) is 7.63. The number of nitrogens with zero attached hydrogens (tertiary/aromatic N) is 2. The summed E-state index contributed by atoms with van der Waals surface area (Å²) in [6.07, 6.45) is -0.117. The second kappa shape index (κ2) is 8.92. The maximum atomic E-state index is 13.1. The number of nitrogens with one attached hydrogen (secondary N) is 1. The van der Waals surface area contributed by atoms with Crippen LogP contribution in [0.5, 0.6) is 5.75 Å². The third-order valence-electron chi connectivity index (χ3n) is 5.37. The van der Waals surface area contributed by atoms with Crippen molar-refractivity contribution >= 4 is 46.1 Å². The molecule has 2 heterocycles. The van der Waals surface area contributed by atoms with Gasteiger partial charge in [-0.05, 0) is 63.1 Å². The molecule has 0 saturated heterocycles. The molecule has 1 N–H and O–H groups in total. The number of amides is 2. The number of aromatic nitrogens is 1. The molecule has 4 rings (SSSR count). The predicted molar refractivity (Wildman–Crippen MR) is 129 cm³/mol. The van der Waals surface area contributed by atoms with Crippen LogP contribution < -0.4 is 15.0 Å². The SMILES string of the molecule is CCC1Oc2ccc(-c3nc(C)sc3C)cc2N(CC(=O)Nc2ccc(C)c(Cl)c2)C1=O. The zero-order valence-corrected chi connectivity index (χ0v) is 19.9. The lowest BCUT2D eigenvalue weighted by Gasteiger charge is -2.34. The van der Waals surface area contributed by atoms with E-state index < -0.39 is 6.10 Å². The number of fused-ring (bicyclic) bond motifs is 1. The molecular formula is C24H24ClN3O3S. The van der Waals surface area contributed by atoms with Crippen LogP contribution in [-0.2, 0) is 9.59 Å². The van der Waals surface area contributed by atoms with Gasteiger partial charge in [-0.2, -0.15) is 0 Å². The average Bonchev–Trinajstić information content (AvgIpc) is 3.10. The number of anilines is 2. The molecule has 32 heavy (non-hydrogen) atoms. The number of thiazole rings is 1. The summed E-state index contributed by atoms with van der Waals surface area (Å²) in [7, 11) is 0. The minimum Gasteiger partial charge on any atom is -0.478 e. The van der Waals surface area contributed by atoms with E-state index in [0.29, 0.717) is 28.6 Å². The van der Waals surface area contributed by atoms with Gasteiger partial charge in [0.15, 0.2) is 6.10 Å². The third kappa shape index (κ3) is 4.36. The molecule has 0 bridgehead atoms. The molecule has 0 saturated carbocycles. The van der Waals surface area contributed by atoms with Gasteiger partial charge in [0, 0.05) is 21.2 Å². The van der Waals surface area contributed by atoms with Gasteiger partial charge in [-0.15, -0.1) is 11.3 Å². The highest BCUT2D eigenvalue weighted by Crippen LogP contribution is 2.39. The normalized spacial score (nSPS) is 15.3. The lowest BCUT2D eigenvalue weighted by Crippen LogP contribution is -2.48. The highest BCUT2D eigenvalue weighted by Gasteiger charge is 2.35. The van der Waals surface area contributed by atoms with Gasteiger partial charge in [0.2, 0.25) is 5.91 Å². The summed E-state index contributed by atoms with van der Waals surface area (Å²) in [5.74, 6) is 0.0310. The van der Waals surface area contributed by atoms with Gasteiger partial charge in [0.05, 0.1) is 16.4 Å². The van der Waals surface area contributed by atoms with E-state index in [1.54, 1.807) is 23.5 Å². The summed E-state index contributed by atoms with van der Waals surface area (Å²) < 4.78 is 5.92. The van der Waals surface area contributed by atoms with E-state index in [-0.39, 0.29) is 18.4 Å². The molecule has 8 heteroatoms. The summed E-state index contributed by atoms with van der Waals surface area (Å²) in [4.78, 5) is 33.2. The zero-order chi connectivity index (χ0) is 23.0. The number of rotatable bonds is 5. The number of aryl methyl sites for hydroxylation is 3. The molecule has 0 aliphatic carbocycles. The number of ether oxygens (including phenoxy) is 1. The molecule has 1 atom stereocenters. The van der Waals surface area contributed by atoms with Gasteiger partial charge in [0.1, 0.15) is 12.3 Å². The molecule has 1 aliphatic rings. The van der Waals surface area contributed by atoms with Crippen LogP contribution in [0.4, 0.5) is 11.4 Å². The number of carbonyl (C=O) groups is 2. The van der Waals surface area contributed by atoms with E-state index in [1.165, 1.54) is 4.90 Å². The Morgan fingerprint density at radius 2 is 2.00 bits per heavy atom. The molecule has 1 aliphatic heterocycles. The van der Waals surface area contributed by atoms with Crippen molar-refractivity contribution in [2.75, 3.05) is 16.8 Å². The molecule has 166 valence electrons. The first-order valence-electron chi connectivity index (χ1n) is 10.4. The second-order valence-electron chi connectivity index (χ2n) is 7.77. The number of hydrogen-bond donors (Lipinski definition) is 1. The number of halogens is 1. The summed E-state index contributed by atoms with van der Waals surface area (Å²) in [6, 6.07) is 11.0. The number of hydrogen-bond acceptors (Lipinski definition) is 5. The molecule has 6 nitrogen and oxygen atoms in total. The second-order valence-corrected chi connectivity index (χ2v) is 9.59. The van der Waals surface area contributed by atoms with Gasteiger partial charge in [-0.3, -0.25) is 14.5 Å². The minimum atomic E-state index is -0.627. The molecule has 0 radical (unpaired) electrons. The fraction of sp³-hybridized carbons (Fsp3) is 0.292. The monoisotopic (exact) mass is 469 g/mol. The van der Waals surface area contributed by atoms with Crippen LogP contribution >= 0.6 is 22.9 Å². The van der Waals surface area contributed by atoms with E-state index in [4.69, 9.17) is 16.3 Å². The van der Waals surface area contributed by atoms with E-state index in [9.17, 15) is 9.59 Å². The lowest BCUT2D eigenvalue weighted by atomic mass is 10.1. The van der Waals surface area contributed by atoms with Gasteiger partial charge >= 0.3 is 0 Å². The van der Waals surface area contributed by atoms with Gasteiger partial charge in [-0.1, -0.05) is 24.6 Å². The Labute approximate surface area is 196 Å². The predicted octanol–water partition coefficient (Wildman–Crippen LogP) is 5.53. The molecule has 0 fully saturated rings. The number of benzene rings is 2. The first-order chi connectivity index (χ1) is 15.3. The van der Waals surface area contributed by atoms with Gasteiger partial charge in [-0.25, -0.2) is 4.98 Å². The van der Waals surface area contributed by atoms with Crippen LogP contribution in [0.1, 0.15) is 28.8 Å². The Morgan fingerprint density at radius 1 is 1.22 bits per heavy atom. The Bertz CT molecular complexity index is 1210. The largest absolute Gasteiger partial charge is 0.478 e. The van der Waals surface area contributed by atoms with Crippen molar-refractivity contribution in [2.45, 2.75) is 40.2 Å². The van der Waals surface area contributed by atoms with E-state index in [1.807, 2.05) is 52.0 Å². The van der Waals surface area contributed by atoms with Crippen molar-refractivity contribution < 1.29 is 14.3 Å². The molecule has 2 aromatic carbocycles. The van der Waals surface area contributed by atoms with Crippen molar-refractivity contribution in [3.05, 3.63) is 56.9 Å². The van der Waals surface area contributed by atoms with Crippen LogP contribution in [-0.4, -0.2) is 29.4 Å². The minimum absolute atomic E-state index is 0.129. The highest BCUT2D eigenvalue weighted by atomic mass is 35.5. The van der Waals surface area contributed by atoms with E-state index in [2.05, 4.69) is 10.3 Å². The van der Waals surface area contributed by atoms with Crippen LogP contribution in [0.2, 0.25) is 5.02 Å². The van der Waals surface area contributed by atoms with Crippen LogP contribution in [0.15, 0.2) is 36.4 Å². The first kappa shape index (κ1) is 22.3. The van der Waals surface area contributed by atoms with Crippen LogP contribution in [0.25, 0.3) is 11.3 Å². The smallest absolute Gasteiger partial charge is 0.268 e. The lowest BCUT2D eigenvalue weighted by molar-refractivity contribution is -0.128. The summed E-state index contributed by atoms with van der Waals surface area (Å²) >= 11 is 7.79. The fourth-order valence-corrected chi connectivity index (χ4v) is 4.72. The van der Waals surface area contributed by atoms with Crippen LogP contribution in [0.3, 0.4) is 0 Å². The van der Waals surface area contributed by atoms with E-state index in [0.717, 1.165) is 26.7 Å². The van der Waals surface area contributed by atoms with E-state index >= 15 is 0 Å².